The van der Waals surface area contributed by atoms with Gasteiger partial charge in [0.15, 0.2) is 0 Å². The second kappa shape index (κ2) is 5.48. The van der Waals surface area contributed by atoms with Crippen molar-refractivity contribution in [2.45, 2.75) is 6.54 Å². The lowest BCUT2D eigenvalue weighted by Gasteiger charge is -2.03. The van der Waals surface area contributed by atoms with Gasteiger partial charge in [-0.25, -0.2) is 9.37 Å². The molecule has 3 rings (SSSR count). The van der Waals surface area contributed by atoms with E-state index in [1.54, 1.807) is 24.5 Å². The Morgan fingerprint density at radius 2 is 1.85 bits per heavy atom. The first-order chi connectivity index (χ1) is 9.79. The molecule has 0 saturated carbocycles. The summed E-state index contributed by atoms with van der Waals surface area (Å²) in [6.07, 6.45) is 3.39. The zero-order valence-electron chi connectivity index (χ0n) is 10.6. The summed E-state index contributed by atoms with van der Waals surface area (Å²) in [7, 11) is 0. The molecule has 0 fully saturated rings. The van der Waals surface area contributed by atoms with Gasteiger partial charge in [0, 0.05) is 30.1 Å². The molecule has 3 nitrogen and oxygen atoms in total. The van der Waals surface area contributed by atoms with Crippen LogP contribution < -0.4 is 5.73 Å². The van der Waals surface area contributed by atoms with Crippen molar-refractivity contribution in [3.05, 3.63) is 59.6 Å². The van der Waals surface area contributed by atoms with E-state index in [1.165, 1.54) is 17.4 Å². The Hall–Kier alpha value is -2.11. The van der Waals surface area contributed by atoms with E-state index in [0.717, 1.165) is 21.1 Å². The Balaban J connectivity index is 2.21. The summed E-state index contributed by atoms with van der Waals surface area (Å²) in [6, 6.07) is 10.4. The number of nitrogens with zero attached hydrogens (tertiary/aromatic N) is 2. The lowest BCUT2D eigenvalue weighted by atomic mass is 10.1. The highest BCUT2D eigenvalue weighted by Gasteiger charge is 2.16. The molecule has 0 aliphatic heterocycles. The molecule has 0 atom stereocenters. The average Bonchev–Trinajstić information content (AvgIpc) is 2.93. The first-order valence-corrected chi connectivity index (χ1v) is 6.96. The van der Waals surface area contributed by atoms with Crippen LogP contribution in [0.25, 0.3) is 21.7 Å². The fraction of sp³-hybridized carbons (Fsp3) is 0.0667. The zero-order valence-corrected chi connectivity index (χ0v) is 11.4. The van der Waals surface area contributed by atoms with Gasteiger partial charge < -0.3 is 5.73 Å². The number of pyridine rings is 1. The SMILES string of the molecule is NCc1nc(-c2ccncc2)c(-c2ccccc2F)s1. The zero-order chi connectivity index (χ0) is 13.9. The standard InChI is InChI=1S/C15H12FN3S/c16-12-4-2-1-3-11(12)15-14(19-13(9-17)20-15)10-5-7-18-8-6-10/h1-8H,9,17H2. The van der Waals surface area contributed by atoms with Gasteiger partial charge in [-0.2, -0.15) is 0 Å². The largest absolute Gasteiger partial charge is 0.325 e. The molecule has 0 aliphatic carbocycles. The van der Waals surface area contributed by atoms with Crippen LogP contribution in [0.4, 0.5) is 4.39 Å². The lowest BCUT2D eigenvalue weighted by Crippen LogP contribution is -1.94. The molecule has 2 heterocycles. The summed E-state index contributed by atoms with van der Waals surface area (Å²) >= 11 is 1.43. The highest BCUT2D eigenvalue weighted by atomic mass is 32.1. The van der Waals surface area contributed by atoms with Gasteiger partial charge in [-0.05, 0) is 18.2 Å². The second-order valence-corrected chi connectivity index (χ2v) is 5.29. The monoisotopic (exact) mass is 285 g/mol. The number of aromatic nitrogens is 2. The summed E-state index contributed by atoms with van der Waals surface area (Å²) in [5.41, 5.74) is 7.88. The topological polar surface area (TPSA) is 51.8 Å². The van der Waals surface area contributed by atoms with Gasteiger partial charge in [-0.1, -0.05) is 18.2 Å². The van der Waals surface area contributed by atoms with Gasteiger partial charge >= 0.3 is 0 Å². The summed E-state index contributed by atoms with van der Waals surface area (Å²) < 4.78 is 14.0. The molecule has 0 amide bonds. The minimum absolute atomic E-state index is 0.255. The van der Waals surface area contributed by atoms with E-state index in [0.29, 0.717) is 12.1 Å². The van der Waals surface area contributed by atoms with E-state index < -0.39 is 0 Å². The Bertz CT molecular complexity index is 725. The average molecular weight is 285 g/mol. The van der Waals surface area contributed by atoms with Crippen molar-refractivity contribution in [2.24, 2.45) is 5.73 Å². The molecule has 0 unspecified atom stereocenters. The maximum absolute atomic E-state index is 14.0. The molecular formula is C15H12FN3S. The first-order valence-electron chi connectivity index (χ1n) is 6.14. The van der Waals surface area contributed by atoms with Gasteiger partial charge in [0.1, 0.15) is 10.8 Å². The van der Waals surface area contributed by atoms with Crippen LogP contribution in [-0.4, -0.2) is 9.97 Å². The first kappa shape index (κ1) is 12.9. The Morgan fingerprint density at radius 1 is 1.10 bits per heavy atom. The predicted octanol–water partition coefficient (Wildman–Crippen LogP) is 3.47. The van der Waals surface area contributed by atoms with Crippen LogP contribution >= 0.6 is 11.3 Å². The molecule has 5 heteroatoms. The third-order valence-corrected chi connectivity index (χ3v) is 4.03. The molecule has 0 bridgehead atoms. The molecule has 0 radical (unpaired) electrons. The third kappa shape index (κ3) is 2.33. The summed E-state index contributed by atoms with van der Waals surface area (Å²) in [4.78, 5) is 9.31. The molecule has 2 aromatic heterocycles. The van der Waals surface area contributed by atoms with Crippen molar-refractivity contribution in [1.29, 1.82) is 0 Å². The fourth-order valence-electron chi connectivity index (χ4n) is 1.99. The minimum atomic E-state index is -0.255. The number of rotatable bonds is 3. The van der Waals surface area contributed by atoms with E-state index >= 15 is 0 Å². The van der Waals surface area contributed by atoms with Crippen molar-refractivity contribution >= 4 is 11.3 Å². The quantitative estimate of drug-likeness (QED) is 0.801. The van der Waals surface area contributed by atoms with Crippen molar-refractivity contribution in [1.82, 2.24) is 9.97 Å². The molecule has 100 valence electrons. The number of thiazole rings is 1. The normalized spacial score (nSPS) is 10.7. The number of hydrogen-bond acceptors (Lipinski definition) is 4. The molecule has 3 aromatic rings. The van der Waals surface area contributed by atoms with E-state index in [4.69, 9.17) is 5.73 Å². The Morgan fingerprint density at radius 3 is 2.55 bits per heavy atom. The highest BCUT2D eigenvalue weighted by Crippen LogP contribution is 2.37. The van der Waals surface area contributed by atoms with Crippen LogP contribution in [0.15, 0.2) is 48.8 Å². The molecule has 0 aliphatic rings. The van der Waals surface area contributed by atoms with Gasteiger partial charge in [0.25, 0.3) is 0 Å². The van der Waals surface area contributed by atoms with Crippen LogP contribution in [0.1, 0.15) is 5.01 Å². The summed E-state index contributed by atoms with van der Waals surface area (Å²) in [6.45, 7) is 0.344. The Kier molecular flexibility index (Phi) is 3.54. The predicted molar refractivity (Wildman–Crippen MR) is 78.6 cm³/mol. The maximum atomic E-state index is 14.0. The molecule has 2 N–H and O–H groups in total. The highest BCUT2D eigenvalue weighted by molar-refractivity contribution is 7.15. The third-order valence-electron chi connectivity index (χ3n) is 2.92. The molecule has 0 spiro atoms. The van der Waals surface area contributed by atoms with Crippen LogP contribution in [0.2, 0.25) is 0 Å². The van der Waals surface area contributed by atoms with Crippen LogP contribution in [-0.2, 0) is 6.54 Å². The van der Waals surface area contributed by atoms with E-state index in [9.17, 15) is 4.39 Å². The van der Waals surface area contributed by atoms with E-state index in [-0.39, 0.29) is 5.82 Å². The number of halogens is 1. The maximum Gasteiger partial charge on any atom is 0.131 e. The fourth-order valence-corrected chi connectivity index (χ4v) is 2.98. The van der Waals surface area contributed by atoms with Gasteiger partial charge in [0.05, 0.1) is 10.6 Å². The molecular weight excluding hydrogens is 273 g/mol. The van der Waals surface area contributed by atoms with E-state index in [1.807, 2.05) is 18.2 Å². The molecule has 1 aromatic carbocycles. The van der Waals surface area contributed by atoms with Gasteiger partial charge in [-0.3, -0.25) is 4.98 Å². The summed E-state index contributed by atoms with van der Waals surface area (Å²) in [5, 5.41) is 0.787. The van der Waals surface area contributed by atoms with Crippen molar-refractivity contribution in [2.75, 3.05) is 0 Å². The van der Waals surface area contributed by atoms with Gasteiger partial charge in [-0.15, -0.1) is 11.3 Å². The van der Waals surface area contributed by atoms with Crippen molar-refractivity contribution < 1.29 is 4.39 Å². The molecule has 20 heavy (non-hydrogen) atoms. The summed E-state index contributed by atoms with van der Waals surface area (Å²) in [5.74, 6) is -0.255. The van der Waals surface area contributed by atoms with Crippen molar-refractivity contribution in [3.8, 4) is 21.7 Å². The number of benzene rings is 1. The Labute approximate surface area is 119 Å². The minimum Gasteiger partial charge on any atom is -0.325 e. The van der Waals surface area contributed by atoms with Crippen LogP contribution in [0.3, 0.4) is 0 Å². The van der Waals surface area contributed by atoms with Crippen LogP contribution in [0.5, 0.6) is 0 Å². The van der Waals surface area contributed by atoms with E-state index in [2.05, 4.69) is 9.97 Å². The van der Waals surface area contributed by atoms with Crippen LogP contribution in [0, 0.1) is 5.82 Å². The van der Waals surface area contributed by atoms with Crippen molar-refractivity contribution in [3.63, 3.8) is 0 Å². The number of hydrogen-bond donors (Lipinski definition) is 1. The lowest BCUT2D eigenvalue weighted by molar-refractivity contribution is 0.631. The second-order valence-electron chi connectivity index (χ2n) is 4.21. The van der Waals surface area contributed by atoms with Gasteiger partial charge in [0.2, 0.25) is 0 Å². The smallest absolute Gasteiger partial charge is 0.131 e. The molecule has 0 saturated heterocycles. The number of nitrogens with two attached hydrogens (primary N) is 1.